The van der Waals surface area contributed by atoms with Gasteiger partial charge in [-0.2, -0.15) is 0 Å². The van der Waals surface area contributed by atoms with E-state index < -0.39 is 0 Å². The van der Waals surface area contributed by atoms with Gasteiger partial charge in [-0.25, -0.2) is 0 Å². The molecule has 1 aliphatic rings. The molecule has 0 bridgehead atoms. The third-order valence-electron chi connectivity index (χ3n) is 4.69. The molecule has 25 heavy (non-hydrogen) atoms. The molecule has 1 amide bonds. The summed E-state index contributed by atoms with van der Waals surface area (Å²) in [5.41, 5.74) is 2.48. The molecule has 1 N–H and O–H groups in total. The van der Waals surface area contributed by atoms with Crippen molar-refractivity contribution in [2.45, 2.75) is 25.8 Å². The number of nitrogens with one attached hydrogen (secondary N) is 1. The highest BCUT2D eigenvalue weighted by Crippen LogP contribution is 2.16. The van der Waals surface area contributed by atoms with Crippen molar-refractivity contribution in [2.24, 2.45) is 5.92 Å². The average molecular weight is 359 g/mol. The summed E-state index contributed by atoms with van der Waals surface area (Å²) in [6, 6.07) is 20.7. The Kier molecular flexibility index (Phi) is 7.96. The molecule has 2 aromatic carbocycles. The summed E-state index contributed by atoms with van der Waals surface area (Å²) in [6.45, 7) is 3.32. The number of carbonyl (C=O) groups excluding carboxylic acids is 1. The fourth-order valence-electron chi connectivity index (χ4n) is 3.30. The van der Waals surface area contributed by atoms with E-state index in [0.717, 1.165) is 38.9 Å². The fraction of sp³-hybridized carbons (Fsp3) is 0.381. The second kappa shape index (κ2) is 10.2. The molecule has 1 unspecified atom stereocenters. The summed E-state index contributed by atoms with van der Waals surface area (Å²) in [7, 11) is 0. The Morgan fingerprint density at radius 3 is 2.24 bits per heavy atom. The molecule has 3 rings (SSSR count). The summed E-state index contributed by atoms with van der Waals surface area (Å²) >= 11 is 0. The van der Waals surface area contributed by atoms with Gasteiger partial charge in [0.05, 0.1) is 5.92 Å². The lowest BCUT2D eigenvalue weighted by atomic mass is 9.97. The Labute approximate surface area is 156 Å². The van der Waals surface area contributed by atoms with Crippen LogP contribution in [0.25, 0.3) is 0 Å². The lowest BCUT2D eigenvalue weighted by Gasteiger charge is -2.30. The molecule has 0 aliphatic carbocycles. The topological polar surface area (TPSA) is 32.3 Å². The second-order valence-corrected chi connectivity index (χ2v) is 6.52. The van der Waals surface area contributed by atoms with Crippen LogP contribution in [0, 0.1) is 5.92 Å². The molecule has 2 aromatic rings. The van der Waals surface area contributed by atoms with Crippen molar-refractivity contribution in [3.05, 3.63) is 71.8 Å². The predicted octanol–water partition coefficient (Wildman–Crippen LogP) is 3.68. The van der Waals surface area contributed by atoms with Crippen molar-refractivity contribution in [3.63, 3.8) is 0 Å². The largest absolute Gasteiger partial charge is 0.338 e. The molecular weight excluding hydrogens is 332 g/mol. The van der Waals surface area contributed by atoms with Crippen LogP contribution < -0.4 is 5.32 Å². The third-order valence-corrected chi connectivity index (χ3v) is 4.69. The van der Waals surface area contributed by atoms with Crippen LogP contribution in [0.15, 0.2) is 60.7 Å². The minimum atomic E-state index is 0. The molecule has 134 valence electrons. The van der Waals surface area contributed by atoms with Crippen LogP contribution in [0.2, 0.25) is 0 Å². The highest BCUT2D eigenvalue weighted by atomic mass is 35.5. The number of hydrogen-bond acceptors (Lipinski definition) is 2. The van der Waals surface area contributed by atoms with Crippen molar-refractivity contribution in [3.8, 4) is 0 Å². The van der Waals surface area contributed by atoms with Crippen LogP contribution in [0.4, 0.5) is 0 Å². The maximum atomic E-state index is 13.0. The monoisotopic (exact) mass is 358 g/mol. The molecule has 3 nitrogen and oxygen atoms in total. The minimum absolute atomic E-state index is 0. The van der Waals surface area contributed by atoms with Crippen LogP contribution in [0.3, 0.4) is 0 Å². The SMILES string of the molecule is Cl.O=C(C1CCCNC1)N(CCc1ccccc1)Cc1ccccc1. The number of carbonyl (C=O) groups is 1. The maximum absolute atomic E-state index is 13.0. The number of piperidine rings is 1. The fourth-order valence-corrected chi connectivity index (χ4v) is 3.30. The smallest absolute Gasteiger partial charge is 0.227 e. The van der Waals surface area contributed by atoms with Crippen LogP contribution in [0.5, 0.6) is 0 Å². The molecule has 1 saturated heterocycles. The number of benzene rings is 2. The minimum Gasteiger partial charge on any atom is -0.338 e. The molecule has 4 heteroatoms. The lowest BCUT2D eigenvalue weighted by Crippen LogP contribution is -2.43. The van der Waals surface area contributed by atoms with Crippen LogP contribution in [-0.4, -0.2) is 30.4 Å². The van der Waals surface area contributed by atoms with Gasteiger partial charge in [0, 0.05) is 19.6 Å². The first-order chi connectivity index (χ1) is 11.8. The first-order valence-corrected chi connectivity index (χ1v) is 8.90. The maximum Gasteiger partial charge on any atom is 0.227 e. The van der Waals surface area contributed by atoms with Crippen LogP contribution >= 0.6 is 12.4 Å². The first kappa shape index (κ1) is 19.5. The molecule has 0 radical (unpaired) electrons. The summed E-state index contributed by atoms with van der Waals surface area (Å²) in [6.07, 6.45) is 3.00. The van der Waals surface area contributed by atoms with E-state index in [-0.39, 0.29) is 18.3 Å². The van der Waals surface area contributed by atoms with Crippen molar-refractivity contribution in [1.82, 2.24) is 10.2 Å². The standard InChI is InChI=1S/C21H26N2O.ClH/c24-21(20-12-7-14-22-16-20)23(17-19-10-5-2-6-11-19)15-13-18-8-3-1-4-9-18;/h1-6,8-11,20,22H,7,12-17H2;1H. The van der Waals surface area contributed by atoms with Gasteiger partial charge in [-0.3, -0.25) is 4.79 Å². The summed E-state index contributed by atoms with van der Waals surface area (Å²) in [4.78, 5) is 15.1. The molecule has 1 heterocycles. The normalized spacial score (nSPS) is 16.7. The average Bonchev–Trinajstić information content (AvgIpc) is 2.67. The Morgan fingerprint density at radius 2 is 1.64 bits per heavy atom. The molecule has 1 aliphatic heterocycles. The number of halogens is 1. The van der Waals surface area contributed by atoms with Gasteiger partial charge in [-0.05, 0) is 36.9 Å². The van der Waals surface area contributed by atoms with E-state index in [1.54, 1.807) is 0 Å². The van der Waals surface area contributed by atoms with Gasteiger partial charge in [0.15, 0.2) is 0 Å². The zero-order chi connectivity index (χ0) is 16.6. The van der Waals surface area contributed by atoms with Crippen molar-refractivity contribution in [1.29, 1.82) is 0 Å². The lowest BCUT2D eigenvalue weighted by molar-refractivity contribution is -0.136. The van der Waals surface area contributed by atoms with E-state index in [1.807, 2.05) is 29.2 Å². The molecular formula is C21H27ClN2O. The Hall–Kier alpha value is -1.84. The van der Waals surface area contributed by atoms with E-state index in [2.05, 4.69) is 41.7 Å². The Bertz CT molecular complexity index is 627. The summed E-state index contributed by atoms with van der Waals surface area (Å²) in [5.74, 6) is 0.417. The van der Waals surface area contributed by atoms with E-state index in [9.17, 15) is 4.79 Å². The highest BCUT2D eigenvalue weighted by Gasteiger charge is 2.25. The van der Waals surface area contributed by atoms with E-state index in [4.69, 9.17) is 0 Å². The summed E-state index contributed by atoms with van der Waals surface area (Å²) < 4.78 is 0. The molecule has 0 saturated carbocycles. The van der Waals surface area contributed by atoms with Gasteiger partial charge in [0.25, 0.3) is 0 Å². The highest BCUT2D eigenvalue weighted by molar-refractivity contribution is 5.85. The quantitative estimate of drug-likeness (QED) is 0.854. The Balaban J connectivity index is 0.00000225. The Morgan fingerprint density at radius 1 is 1.00 bits per heavy atom. The second-order valence-electron chi connectivity index (χ2n) is 6.52. The number of rotatable bonds is 6. The predicted molar refractivity (Wildman–Crippen MR) is 105 cm³/mol. The third kappa shape index (κ3) is 5.87. The molecule has 0 aromatic heterocycles. The van der Waals surface area contributed by atoms with E-state index in [1.165, 1.54) is 11.1 Å². The molecule has 1 fully saturated rings. The van der Waals surface area contributed by atoms with E-state index >= 15 is 0 Å². The van der Waals surface area contributed by atoms with Crippen LogP contribution in [-0.2, 0) is 17.8 Å². The number of nitrogens with zero attached hydrogens (tertiary/aromatic N) is 1. The number of amides is 1. The van der Waals surface area contributed by atoms with Crippen LogP contribution in [0.1, 0.15) is 24.0 Å². The molecule has 1 atom stereocenters. The van der Waals surface area contributed by atoms with Gasteiger partial charge in [0.2, 0.25) is 5.91 Å². The van der Waals surface area contributed by atoms with Crippen molar-refractivity contribution < 1.29 is 4.79 Å². The van der Waals surface area contributed by atoms with Gasteiger partial charge in [-0.15, -0.1) is 12.4 Å². The zero-order valence-electron chi connectivity index (χ0n) is 14.6. The van der Waals surface area contributed by atoms with E-state index in [0.29, 0.717) is 12.5 Å². The van der Waals surface area contributed by atoms with Crippen molar-refractivity contribution in [2.75, 3.05) is 19.6 Å². The summed E-state index contributed by atoms with van der Waals surface area (Å²) in [5, 5.41) is 3.36. The molecule has 0 spiro atoms. The van der Waals surface area contributed by atoms with Gasteiger partial charge in [0.1, 0.15) is 0 Å². The van der Waals surface area contributed by atoms with Gasteiger partial charge >= 0.3 is 0 Å². The van der Waals surface area contributed by atoms with Gasteiger partial charge < -0.3 is 10.2 Å². The van der Waals surface area contributed by atoms with Gasteiger partial charge in [-0.1, -0.05) is 60.7 Å². The zero-order valence-corrected chi connectivity index (χ0v) is 15.4. The number of hydrogen-bond donors (Lipinski definition) is 1. The first-order valence-electron chi connectivity index (χ1n) is 8.90. The van der Waals surface area contributed by atoms with Crippen molar-refractivity contribution >= 4 is 18.3 Å².